The largest absolute Gasteiger partial charge is 0.454 e. The Bertz CT molecular complexity index is 1060. The molecule has 7 heteroatoms. The van der Waals surface area contributed by atoms with E-state index in [0.29, 0.717) is 22.5 Å². The van der Waals surface area contributed by atoms with Crippen molar-refractivity contribution in [3.8, 4) is 28.7 Å². The van der Waals surface area contributed by atoms with Crippen molar-refractivity contribution in [2.45, 2.75) is 13.0 Å². The Balaban J connectivity index is 1.53. The van der Waals surface area contributed by atoms with E-state index >= 15 is 0 Å². The maximum absolute atomic E-state index is 6.04. The van der Waals surface area contributed by atoms with Crippen LogP contribution in [0.3, 0.4) is 0 Å². The number of rotatable bonds is 5. The molecule has 0 spiro atoms. The smallest absolute Gasteiger partial charge is 0.317 e. The molecule has 0 radical (unpaired) electrons. The summed E-state index contributed by atoms with van der Waals surface area (Å²) in [6.45, 7) is 1.89. The fourth-order valence-corrected chi connectivity index (χ4v) is 2.92. The second kappa shape index (κ2) is 7.25. The summed E-state index contributed by atoms with van der Waals surface area (Å²) >= 11 is 6.04. The molecule has 1 unspecified atom stereocenters. The predicted octanol–water partition coefficient (Wildman–Crippen LogP) is 4.93. The van der Waals surface area contributed by atoms with Gasteiger partial charge in [-0.2, -0.15) is 0 Å². The minimum Gasteiger partial charge on any atom is -0.454 e. The normalized spacial score (nSPS) is 12.1. The summed E-state index contributed by atoms with van der Waals surface area (Å²) < 4.78 is 13.2. The van der Waals surface area contributed by atoms with Crippen LogP contribution in [-0.4, -0.2) is 19.9 Å². The predicted molar refractivity (Wildman–Crippen MR) is 102 cm³/mol. The van der Waals surface area contributed by atoms with Crippen molar-refractivity contribution in [2.75, 3.05) is 0 Å². The highest BCUT2D eigenvalue weighted by molar-refractivity contribution is 6.30. The van der Waals surface area contributed by atoms with Crippen molar-refractivity contribution in [2.24, 2.45) is 7.05 Å². The first kappa shape index (κ1) is 17.3. The lowest BCUT2D eigenvalue weighted by Crippen LogP contribution is -2.07. The molecular weight excluding hydrogens is 364 g/mol. The van der Waals surface area contributed by atoms with Crippen LogP contribution in [0, 0.1) is 0 Å². The molecule has 2 heterocycles. The summed E-state index contributed by atoms with van der Waals surface area (Å²) in [7, 11) is 1.87. The third-order valence-corrected chi connectivity index (χ3v) is 4.44. The van der Waals surface area contributed by atoms with E-state index in [1.54, 1.807) is 0 Å². The highest BCUT2D eigenvalue weighted by Crippen LogP contribution is 2.28. The molecule has 2 aromatic carbocycles. The van der Waals surface area contributed by atoms with Crippen LogP contribution in [0.25, 0.3) is 22.7 Å². The number of hydrogen-bond donors (Lipinski definition) is 0. The molecule has 0 N–H and O–H groups in total. The van der Waals surface area contributed by atoms with Gasteiger partial charge >= 0.3 is 6.01 Å². The first-order chi connectivity index (χ1) is 13.1. The van der Waals surface area contributed by atoms with E-state index in [-0.39, 0.29) is 6.10 Å². The number of hydrogen-bond acceptors (Lipinski definition) is 5. The average molecular weight is 381 g/mol. The summed E-state index contributed by atoms with van der Waals surface area (Å²) in [4.78, 5) is 0. The number of halogens is 1. The van der Waals surface area contributed by atoms with Crippen molar-refractivity contribution in [1.29, 1.82) is 0 Å². The molecule has 4 aromatic rings. The first-order valence-electron chi connectivity index (χ1n) is 8.46. The maximum Gasteiger partial charge on any atom is 0.317 e. The minimum absolute atomic E-state index is 0.354. The molecule has 0 bridgehead atoms. The number of ether oxygens (including phenoxy) is 1. The molecular formula is C20H17ClN4O2. The van der Waals surface area contributed by atoms with Gasteiger partial charge in [0.1, 0.15) is 11.8 Å². The van der Waals surface area contributed by atoms with Gasteiger partial charge in [0.2, 0.25) is 0 Å². The third-order valence-electron chi connectivity index (χ3n) is 4.20. The second-order valence-corrected chi connectivity index (χ2v) is 6.55. The van der Waals surface area contributed by atoms with Crippen molar-refractivity contribution >= 4 is 11.6 Å². The fourth-order valence-electron chi connectivity index (χ4n) is 2.73. The maximum atomic E-state index is 6.04. The van der Waals surface area contributed by atoms with Gasteiger partial charge in [-0.05, 0) is 19.1 Å². The number of benzene rings is 2. The Morgan fingerprint density at radius 1 is 1.00 bits per heavy atom. The van der Waals surface area contributed by atoms with Crippen molar-refractivity contribution < 1.29 is 9.26 Å². The van der Waals surface area contributed by atoms with E-state index in [4.69, 9.17) is 20.9 Å². The molecule has 0 fully saturated rings. The zero-order valence-electron chi connectivity index (χ0n) is 14.8. The monoisotopic (exact) mass is 380 g/mol. The number of nitrogens with zero attached hydrogens (tertiary/aromatic N) is 4. The van der Waals surface area contributed by atoms with Crippen LogP contribution in [0.5, 0.6) is 6.01 Å². The molecule has 0 saturated heterocycles. The van der Waals surface area contributed by atoms with Crippen LogP contribution >= 0.6 is 11.6 Å². The van der Waals surface area contributed by atoms with Crippen molar-refractivity contribution in [3.63, 3.8) is 0 Å². The quantitative estimate of drug-likeness (QED) is 0.491. The Kier molecular flexibility index (Phi) is 4.64. The van der Waals surface area contributed by atoms with E-state index in [2.05, 4.69) is 15.4 Å². The lowest BCUT2D eigenvalue weighted by molar-refractivity contribution is 0.190. The van der Waals surface area contributed by atoms with E-state index in [0.717, 1.165) is 17.0 Å². The van der Waals surface area contributed by atoms with Crippen molar-refractivity contribution in [3.05, 3.63) is 71.4 Å². The molecule has 136 valence electrons. The molecule has 0 amide bonds. The van der Waals surface area contributed by atoms with Crippen LogP contribution in [0.4, 0.5) is 0 Å². The van der Waals surface area contributed by atoms with Gasteiger partial charge in [0.25, 0.3) is 0 Å². The molecule has 27 heavy (non-hydrogen) atoms. The third kappa shape index (κ3) is 3.57. The van der Waals surface area contributed by atoms with Gasteiger partial charge in [0.15, 0.2) is 11.6 Å². The van der Waals surface area contributed by atoms with Crippen LogP contribution in [0.2, 0.25) is 5.02 Å². The lowest BCUT2D eigenvalue weighted by atomic mass is 10.1. The van der Waals surface area contributed by atoms with Crippen LogP contribution in [-0.2, 0) is 7.05 Å². The van der Waals surface area contributed by atoms with Gasteiger partial charge < -0.3 is 9.26 Å². The Morgan fingerprint density at radius 3 is 2.56 bits per heavy atom. The van der Waals surface area contributed by atoms with E-state index < -0.39 is 0 Å². The molecule has 2 aromatic heterocycles. The Hall–Kier alpha value is -3.12. The summed E-state index contributed by atoms with van der Waals surface area (Å²) in [5, 5.41) is 13.1. The van der Waals surface area contributed by atoms with E-state index in [9.17, 15) is 0 Å². The van der Waals surface area contributed by atoms with Gasteiger partial charge in [-0.1, -0.05) is 64.3 Å². The SMILES string of the molecule is CC(Oc1nnc(-c2ccccc2)n1C)c1cc(-c2cccc(Cl)c2)on1. The molecule has 4 rings (SSSR count). The summed E-state index contributed by atoms with van der Waals surface area (Å²) in [6, 6.07) is 19.5. The Morgan fingerprint density at radius 2 is 1.78 bits per heavy atom. The summed E-state index contributed by atoms with van der Waals surface area (Å²) in [5.41, 5.74) is 2.49. The fraction of sp³-hybridized carbons (Fsp3) is 0.150. The van der Waals surface area contributed by atoms with Gasteiger partial charge in [-0.15, -0.1) is 5.10 Å². The highest BCUT2D eigenvalue weighted by atomic mass is 35.5. The molecule has 0 aliphatic heterocycles. The Labute approximate surface area is 161 Å². The topological polar surface area (TPSA) is 66.0 Å². The van der Waals surface area contributed by atoms with E-state index in [1.807, 2.05) is 79.2 Å². The minimum atomic E-state index is -0.354. The van der Waals surface area contributed by atoms with Crippen LogP contribution in [0.1, 0.15) is 18.7 Å². The van der Waals surface area contributed by atoms with Gasteiger partial charge in [-0.3, -0.25) is 4.57 Å². The summed E-state index contributed by atoms with van der Waals surface area (Å²) in [5.74, 6) is 1.36. The van der Waals surface area contributed by atoms with Crippen molar-refractivity contribution in [1.82, 2.24) is 19.9 Å². The molecule has 1 atom stereocenters. The van der Waals surface area contributed by atoms with Crippen LogP contribution < -0.4 is 4.74 Å². The molecule has 0 aliphatic rings. The van der Waals surface area contributed by atoms with Gasteiger partial charge in [0.05, 0.1) is 0 Å². The standard InChI is InChI=1S/C20H17ClN4O2/c1-13(17-12-18(27-24-17)15-9-6-10-16(21)11-15)26-20-23-22-19(25(20)2)14-7-4-3-5-8-14/h3-13H,1-2H3. The molecule has 0 saturated carbocycles. The zero-order valence-corrected chi connectivity index (χ0v) is 15.6. The highest BCUT2D eigenvalue weighted by Gasteiger charge is 2.19. The average Bonchev–Trinajstić information content (AvgIpc) is 3.31. The number of aromatic nitrogens is 4. The first-order valence-corrected chi connectivity index (χ1v) is 8.83. The van der Waals surface area contributed by atoms with Gasteiger partial charge in [-0.25, -0.2) is 0 Å². The summed E-state index contributed by atoms with van der Waals surface area (Å²) in [6.07, 6.45) is -0.354. The lowest BCUT2D eigenvalue weighted by Gasteiger charge is -2.10. The molecule has 0 aliphatic carbocycles. The molecule has 6 nitrogen and oxygen atoms in total. The van der Waals surface area contributed by atoms with E-state index in [1.165, 1.54) is 0 Å². The second-order valence-electron chi connectivity index (χ2n) is 6.12. The van der Waals surface area contributed by atoms with Gasteiger partial charge in [0, 0.05) is 29.3 Å². The zero-order chi connectivity index (χ0) is 18.8. The van der Waals surface area contributed by atoms with Crippen LogP contribution in [0.15, 0.2) is 65.2 Å².